The van der Waals surface area contributed by atoms with Crippen LogP contribution >= 0.6 is 0 Å². The van der Waals surface area contributed by atoms with Gasteiger partial charge in [0, 0.05) is 43.0 Å². The van der Waals surface area contributed by atoms with E-state index in [2.05, 4.69) is 36.9 Å². The Kier molecular flexibility index (Phi) is 7.18. The van der Waals surface area contributed by atoms with E-state index in [1.807, 2.05) is 60.4 Å². The largest absolute Gasteiger partial charge is 0.493 e. The normalized spacial score (nSPS) is 13.7. The minimum absolute atomic E-state index is 0.0552. The first-order valence-corrected chi connectivity index (χ1v) is 11.6. The Morgan fingerprint density at radius 1 is 0.879 bits per heavy atom. The van der Waals surface area contributed by atoms with Gasteiger partial charge in [-0.15, -0.1) is 0 Å². The highest BCUT2D eigenvalue weighted by atomic mass is 16.5. The van der Waals surface area contributed by atoms with Crippen LogP contribution in [0.1, 0.15) is 34.0 Å². The predicted octanol–water partition coefficient (Wildman–Crippen LogP) is 5.24. The molecule has 0 unspecified atom stereocenters. The first-order chi connectivity index (χ1) is 16.1. The standard InChI is InChI=1S/C28H32N2O3/c1-4-32-27-14-13-23(19-24(27)20-33-25-10-6-5-7-11-25)28(31)30-17-15-29(16-18-30)26-12-8-9-21(2)22(26)3/h5-14,19H,4,15-18,20H2,1-3H3. The van der Waals surface area contributed by atoms with Gasteiger partial charge in [0.05, 0.1) is 6.61 Å². The van der Waals surface area contributed by atoms with Gasteiger partial charge in [-0.2, -0.15) is 0 Å². The molecule has 0 N–H and O–H groups in total. The van der Waals surface area contributed by atoms with Crippen molar-refractivity contribution < 1.29 is 14.3 Å². The summed E-state index contributed by atoms with van der Waals surface area (Å²) in [6, 6.07) is 21.8. The molecule has 1 saturated heterocycles. The maximum absolute atomic E-state index is 13.3. The van der Waals surface area contributed by atoms with E-state index in [0.29, 0.717) is 31.9 Å². The van der Waals surface area contributed by atoms with Crippen LogP contribution in [0.5, 0.6) is 11.5 Å². The number of para-hydroxylation sites is 1. The first kappa shape index (κ1) is 22.7. The van der Waals surface area contributed by atoms with Gasteiger partial charge in [-0.25, -0.2) is 0 Å². The average Bonchev–Trinajstić information content (AvgIpc) is 2.85. The van der Waals surface area contributed by atoms with Crippen molar-refractivity contribution in [2.75, 3.05) is 37.7 Å². The minimum Gasteiger partial charge on any atom is -0.493 e. The van der Waals surface area contributed by atoms with Crippen LogP contribution in [0.4, 0.5) is 5.69 Å². The number of amides is 1. The molecule has 0 radical (unpaired) electrons. The van der Waals surface area contributed by atoms with Crippen LogP contribution in [-0.2, 0) is 6.61 Å². The average molecular weight is 445 g/mol. The molecule has 0 saturated carbocycles. The summed E-state index contributed by atoms with van der Waals surface area (Å²) >= 11 is 0. The molecule has 33 heavy (non-hydrogen) atoms. The third-order valence-electron chi connectivity index (χ3n) is 6.23. The van der Waals surface area contributed by atoms with Crippen molar-refractivity contribution in [3.63, 3.8) is 0 Å². The van der Waals surface area contributed by atoms with E-state index in [0.717, 1.165) is 30.2 Å². The molecule has 1 aliphatic rings. The maximum Gasteiger partial charge on any atom is 0.253 e. The molecule has 0 aliphatic carbocycles. The van der Waals surface area contributed by atoms with Crippen LogP contribution < -0.4 is 14.4 Å². The zero-order chi connectivity index (χ0) is 23.2. The molecule has 1 heterocycles. The summed E-state index contributed by atoms with van der Waals surface area (Å²) in [6.07, 6.45) is 0. The van der Waals surface area contributed by atoms with Gasteiger partial charge in [0.25, 0.3) is 5.91 Å². The SMILES string of the molecule is CCOc1ccc(C(=O)N2CCN(c3cccc(C)c3C)CC2)cc1COc1ccccc1. The van der Waals surface area contributed by atoms with Gasteiger partial charge >= 0.3 is 0 Å². The maximum atomic E-state index is 13.3. The molecular weight excluding hydrogens is 412 g/mol. The van der Waals surface area contributed by atoms with Crippen LogP contribution in [0.3, 0.4) is 0 Å². The molecule has 1 aliphatic heterocycles. The molecule has 0 spiro atoms. The number of piperazine rings is 1. The fourth-order valence-corrected chi connectivity index (χ4v) is 4.21. The third kappa shape index (κ3) is 5.30. The van der Waals surface area contributed by atoms with Crippen molar-refractivity contribution in [1.29, 1.82) is 0 Å². The molecular formula is C28H32N2O3. The van der Waals surface area contributed by atoms with Crippen molar-refractivity contribution in [2.24, 2.45) is 0 Å². The van der Waals surface area contributed by atoms with Crippen molar-refractivity contribution >= 4 is 11.6 Å². The zero-order valence-electron chi connectivity index (χ0n) is 19.7. The van der Waals surface area contributed by atoms with Crippen molar-refractivity contribution in [1.82, 2.24) is 4.90 Å². The molecule has 5 nitrogen and oxygen atoms in total. The lowest BCUT2D eigenvalue weighted by Gasteiger charge is -2.37. The van der Waals surface area contributed by atoms with Crippen LogP contribution in [0, 0.1) is 13.8 Å². The second-order valence-electron chi connectivity index (χ2n) is 8.36. The Labute approximate surface area is 196 Å². The molecule has 3 aromatic carbocycles. The molecule has 1 fully saturated rings. The zero-order valence-corrected chi connectivity index (χ0v) is 19.7. The van der Waals surface area contributed by atoms with Gasteiger partial charge in [0.15, 0.2) is 0 Å². The highest BCUT2D eigenvalue weighted by Crippen LogP contribution is 2.26. The summed E-state index contributed by atoms with van der Waals surface area (Å²) in [6.45, 7) is 10.2. The first-order valence-electron chi connectivity index (χ1n) is 11.6. The number of aryl methyl sites for hydroxylation is 1. The second kappa shape index (κ2) is 10.4. The van der Waals surface area contributed by atoms with Crippen molar-refractivity contribution in [3.05, 3.63) is 89.0 Å². The van der Waals surface area contributed by atoms with E-state index in [4.69, 9.17) is 9.47 Å². The summed E-state index contributed by atoms with van der Waals surface area (Å²) in [5.74, 6) is 1.60. The predicted molar refractivity (Wildman–Crippen MR) is 132 cm³/mol. The molecule has 0 bridgehead atoms. The van der Waals surface area contributed by atoms with Gasteiger partial charge in [0.2, 0.25) is 0 Å². The summed E-state index contributed by atoms with van der Waals surface area (Å²) in [4.78, 5) is 17.6. The van der Waals surface area contributed by atoms with Gasteiger partial charge in [-0.05, 0) is 68.3 Å². The number of rotatable bonds is 7. The highest BCUT2D eigenvalue weighted by Gasteiger charge is 2.24. The Morgan fingerprint density at radius 2 is 1.64 bits per heavy atom. The topological polar surface area (TPSA) is 42.0 Å². The van der Waals surface area contributed by atoms with Crippen LogP contribution in [0.15, 0.2) is 66.7 Å². The fraction of sp³-hybridized carbons (Fsp3) is 0.321. The van der Waals surface area contributed by atoms with Crippen molar-refractivity contribution in [3.8, 4) is 11.5 Å². The number of benzene rings is 3. The van der Waals surface area contributed by atoms with Gasteiger partial charge < -0.3 is 19.3 Å². The fourth-order valence-electron chi connectivity index (χ4n) is 4.21. The number of hydrogen-bond donors (Lipinski definition) is 0. The number of ether oxygens (including phenoxy) is 2. The van der Waals surface area contributed by atoms with E-state index in [1.54, 1.807) is 0 Å². The third-order valence-corrected chi connectivity index (χ3v) is 6.23. The van der Waals surface area contributed by atoms with Crippen molar-refractivity contribution in [2.45, 2.75) is 27.4 Å². The highest BCUT2D eigenvalue weighted by molar-refractivity contribution is 5.94. The Bertz CT molecular complexity index is 1090. The quantitative estimate of drug-likeness (QED) is 0.500. The van der Waals surface area contributed by atoms with Crippen LogP contribution in [0.25, 0.3) is 0 Å². The van der Waals surface area contributed by atoms with Crippen LogP contribution in [-0.4, -0.2) is 43.6 Å². The van der Waals surface area contributed by atoms with E-state index in [-0.39, 0.29) is 5.91 Å². The van der Waals surface area contributed by atoms with Gasteiger partial charge in [-0.3, -0.25) is 4.79 Å². The van der Waals surface area contributed by atoms with E-state index < -0.39 is 0 Å². The lowest BCUT2D eigenvalue weighted by molar-refractivity contribution is 0.0746. The summed E-state index contributed by atoms with van der Waals surface area (Å²) in [5, 5.41) is 0. The lowest BCUT2D eigenvalue weighted by atomic mass is 10.1. The number of anilines is 1. The number of nitrogens with zero attached hydrogens (tertiary/aromatic N) is 2. The molecule has 4 rings (SSSR count). The Hall–Kier alpha value is -3.47. The minimum atomic E-state index is 0.0552. The van der Waals surface area contributed by atoms with Gasteiger partial charge in [0.1, 0.15) is 18.1 Å². The summed E-state index contributed by atoms with van der Waals surface area (Å²) in [5.41, 5.74) is 5.42. The molecule has 3 aromatic rings. The smallest absolute Gasteiger partial charge is 0.253 e. The second-order valence-corrected chi connectivity index (χ2v) is 8.36. The Morgan fingerprint density at radius 3 is 2.36 bits per heavy atom. The number of hydrogen-bond acceptors (Lipinski definition) is 4. The molecule has 0 aromatic heterocycles. The van der Waals surface area contributed by atoms with E-state index in [1.165, 1.54) is 16.8 Å². The number of carbonyl (C=O) groups excluding carboxylic acids is 1. The van der Waals surface area contributed by atoms with E-state index in [9.17, 15) is 4.79 Å². The monoisotopic (exact) mass is 444 g/mol. The van der Waals surface area contributed by atoms with Gasteiger partial charge in [-0.1, -0.05) is 30.3 Å². The molecule has 172 valence electrons. The summed E-state index contributed by atoms with van der Waals surface area (Å²) < 4.78 is 11.7. The Balaban J connectivity index is 1.45. The molecule has 5 heteroatoms. The lowest BCUT2D eigenvalue weighted by Crippen LogP contribution is -2.49. The van der Waals surface area contributed by atoms with Crippen LogP contribution in [0.2, 0.25) is 0 Å². The van der Waals surface area contributed by atoms with E-state index >= 15 is 0 Å². The molecule has 1 amide bonds. The molecule has 0 atom stereocenters. The summed E-state index contributed by atoms with van der Waals surface area (Å²) in [7, 11) is 0. The number of carbonyl (C=O) groups is 1.